The van der Waals surface area contributed by atoms with Crippen molar-refractivity contribution in [3.63, 3.8) is 0 Å². The van der Waals surface area contributed by atoms with Crippen molar-refractivity contribution in [3.05, 3.63) is 64.7 Å². The molecule has 0 spiro atoms. The fraction of sp³-hybridized carbons (Fsp3) is 0.158. The van der Waals surface area contributed by atoms with Gasteiger partial charge in [-0.15, -0.1) is 0 Å². The fourth-order valence-corrected chi connectivity index (χ4v) is 3.09. The Kier molecular flexibility index (Phi) is 3.76. The molecule has 2 heterocycles. The second-order valence-corrected chi connectivity index (χ2v) is 6.10. The maximum atomic E-state index is 12.4. The van der Waals surface area contributed by atoms with Crippen molar-refractivity contribution < 1.29 is 24.0 Å². The first-order valence-electron chi connectivity index (χ1n) is 8.17. The average Bonchev–Trinajstić information content (AvgIpc) is 2.78. The second-order valence-electron chi connectivity index (χ2n) is 6.10. The van der Waals surface area contributed by atoms with Crippen LogP contribution in [0.15, 0.2) is 42.5 Å². The van der Waals surface area contributed by atoms with Gasteiger partial charge in [-0.3, -0.25) is 14.4 Å². The molecule has 0 bridgehead atoms. The molecule has 130 valence electrons. The van der Waals surface area contributed by atoms with Crippen LogP contribution in [-0.4, -0.2) is 28.8 Å². The van der Waals surface area contributed by atoms with Crippen LogP contribution >= 0.6 is 0 Å². The lowest BCUT2D eigenvalue weighted by Crippen LogP contribution is -2.32. The molecule has 0 unspecified atom stereocenters. The highest BCUT2D eigenvalue weighted by molar-refractivity contribution is 6.21. The Balaban J connectivity index is 1.56. The van der Waals surface area contributed by atoms with Gasteiger partial charge in [0.1, 0.15) is 0 Å². The van der Waals surface area contributed by atoms with Gasteiger partial charge in [0.15, 0.2) is 0 Å². The Hall–Kier alpha value is -3.48. The minimum Gasteiger partial charge on any atom is -0.326 e. The first-order valence-corrected chi connectivity index (χ1v) is 8.17. The number of anilines is 1. The molecule has 0 saturated heterocycles. The minimum absolute atomic E-state index is 0.0647. The molecule has 26 heavy (non-hydrogen) atoms. The van der Waals surface area contributed by atoms with Crippen LogP contribution in [0.25, 0.3) is 0 Å². The smallest absolute Gasteiger partial charge is 0.326 e. The molecule has 0 radical (unpaired) electrons. The SMILES string of the molecule is O=C1CCCc2cc(C(=O)ON3C(=O)c4ccccc4C3=O)ccc2N1. The molecule has 3 amide bonds. The van der Waals surface area contributed by atoms with Crippen LogP contribution < -0.4 is 5.32 Å². The zero-order chi connectivity index (χ0) is 18.3. The predicted molar refractivity (Wildman–Crippen MR) is 90.4 cm³/mol. The monoisotopic (exact) mass is 350 g/mol. The van der Waals surface area contributed by atoms with Crippen LogP contribution in [0.5, 0.6) is 0 Å². The van der Waals surface area contributed by atoms with E-state index in [2.05, 4.69) is 5.32 Å². The van der Waals surface area contributed by atoms with Crippen molar-refractivity contribution in [1.82, 2.24) is 5.06 Å². The van der Waals surface area contributed by atoms with Crippen LogP contribution in [0.2, 0.25) is 0 Å². The largest absolute Gasteiger partial charge is 0.363 e. The maximum Gasteiger partial charge on any atom is 0.363 e. The summed E-state index contributed by atoms with van der Waals surface area (Å²) in [5, 5.41) is 3.26. The Morgan fingerprint density at radius 2 is 1.65 bits per heavy atom. The predicted octanol–water partition coefficient (Wildman–Crippen LogP) is 2.33. The van der Waals surface area contributed by atoms with E-state index in [1.165, 1.54) is 18.2 Å². The number of nitrogens with zero attached hydrogens (tertiary/aromatic N) is 1. The Bertz CT molecular complexity index is 931. The van der Waals surface area contributed by atoms with E-state index >= 15 is 0 Å². The van der Waals surface area contributed by atoms with E-state index < -0.39 is 17.8 Å². The molecule has 7 nitrogen and oxygen atoms in total. The van der Waals surface area contributed by atoms with E-state index in [1.807, 2.05) is 0 Å². The first-order chi connectivity index (χ1) is 12.5. The topological polar surface area (TPSA) is 92.8 Å². The molecule has 0 atom stereocenters. The summed E-state index contributed by atoms with van der Waals surface area (Å²) in [6.07, 6.45) is 1.74. The summed E-state index contributed by atoms with van der Waals surface area (Å²) in [6, 6.07) is 11.0. The lowest BCUT2D eigenvalue weighted by atomic mass is 10.0. The molecule has 7 heteroatoms. The summed E-state index contributed by atoms with van der Waals surface area (Å²) in [6.45, 7) is 0. The van der Waals surface area contributed by atoms with E-state index in [1.54, 1.807) is 24.3 Å². The minimum atomic E-state index is -0.808. The number of benzene rings is 2. The highest BCUT2D eigenvalue weighted by atomic mass is 16.7. The standard InChI is InChI=1S/C19H14N2O5/c22-16-7-3-4-11-10-12(8-9-15(11)20-16)19(25)26-21-17(23)13-5-1-2-6-14(13)18(21)24/h1-2,5-6,8-10H,3-4,7H2,(H,20,22). The van der Waals surface area contributed by atoms with Crippen LogP contribution in [0, 0.1) is 0 Å². The van der Waals surface area contributed by atoms with E-state index in [0.717, 1.165) is 5.56 Å². The summed E-state index contributed by atoms with van der Waals surface area (Å²) >= 11 is 0. The molecule has 2 aromatic carbocycles. The van der Waals surface area contributed by atoms with Crippen molar-refractivity contribution in [2.75, 3.05) is 5.32 Å². The number of hydrogen-bond acceptors (Lipinski definition) is 5. The van der Waals surface area contributed by atoms with Gasteiger partial charge in [0.25, 0.3) is 11.8 Å². The summed E-state index contributed by atoms with van der Waals surface area (Å²) in [4.78, 5) is 53.6. The zero-order valence-corrected chi connectivity index (χ0v) is 13.7. The number of rotatable bonds is 2. The van der Waals surface area contributed by atoms with Gasteiger partial charge in [0.05, 0.1) is 16.7 Å². The van der Waals surface area contributed by atoms with Crippen LogP contribution in [0.4, 0.5) is 5.69 Å². The van der Waals surface area contributed by atoms with E-state index in [9.17, 15) is 19.2 Å². The number of nitrogens with one attached hydrogen (secondary N) is 1. The molecular formula is C19H14N2O5. The molecule has 0 fully saturated rings. The summed E-state index contributed by atoms with van der Waals surface area (Å²) in [5.74, 6) is -2.20. The Labute approximate surface area is 148 Å². The van der Waals surface area contributed by atoms with Crippen molar-refractivity contribution in [2.45, 2.75) is 19.3 Å². The highest BCUT2D eigenvalue weighted by Crippen LogP contribution is 2.26. The number of carbonyl (C=O) groups excluding carboxylic acids is 4. The number of imide groups is 1. The van der Waals surface area contributed by atoms with Gasteiger partial charge in [-0.1, -0.05) is 17.2 Å². The number of hydroxylamine groups is 2. The van der Waals surface area contributed by atoms with Crippen molar-refractivity contribution in [1.29, 1.82) is 0 Å². The Morgan fingerprint density at radius 3 is 2.35 bits per heavy atom. The van der Waals surface area contributed by atoms with Crippen LogP contribution in [0.1, 0.15) is 49.5 Å². The molecule has 0 aromatic heterocycles. The molecule has 4 rings (SSSR count). The molecule has 0 aliphatic carbocycles. The van der Waals surface area contributed by atoms with Gasteiger partial charge in [-0.05, 0) is 48.7 Å². The molecule has 2 aliphatic heterocycles. The third kappa shape index (κ3) is 2.63. The molecule has 2 aromatic rings. The lowest BCUT2D eigenvalue weighted by molar-refractivity contribution is -0.116. The second kappa shape index (κ2) is 6.11. The van der Waals surface area contributed by atoms with E-state index in [4.69, 9.17) is 4.84 Å². The van der Waals surface area contributed by atoms with Crippen LogP contribution in [-0.2, 0) is 16.1 Å². The summed E-state index contributed by atoms with van der Waals surface area (Å²) in [7, 11) is 0. The number of carbonyl (C=O) groups is 4. The van der Waals surface area contributed by atoms with Gasteiger partial charge in [0, 0.05) is 12.1 Å². The van der Waals surface area contributed by atoms with Crippen molar-refractivity contribution in [3.8, 4) is 0 Å². The van der Waals surface area contributed by atoms with Crippen molar-refractivity contribution >= 4 is 29.4 Å². The summed E-state index contributed by atoms with van der Waals surface area (Å²) in [5.41, 5.74) is 2.08. The Morgan fingerprint density at radius 1 is 0.962 bits per heavy atom. The first kappa shape index (κ1) is 16.0. The van der Waals surface area contributed by atoms with E-state index in [0.29, 0.717) is 30.0 Å². The normalized spacial score (nSPS) is 15.8. The van der Waals surface area contributed by atoms with Gasteiger partial charge >= 0.3 is 5.97 Å². The number of fused-ring (bicyclic) bond motifs is 2. The maximum absolute atomic E-state index is 12.4. The van der Waals surface area contributed by atoms with Gasteiger partial charge in [-0.2, -0.15) is 0 Å². The third-order valence-electron chi connectivity index (χ3n) is 4.40. The number of amides is 3. The van der Waals surface area contributed by atoms with Gasteiger partial charge in [0.2, 0.25) is 5.91 Å². The fourth-order valence-electron chi connectivity index (χ4n) is 3.09. The van der Waals surface area contributed by atoms with Crippen molar-refractivity contribution in [2.24, 2.45) is 0 Å². The third-order valence-corrected chi connectivity index (χ3v) is 4.40. The van der Waals surface area contributed by atoms with Gasteiger partial charge in [-0.25, -0.2) is 4.79 Å². The van der Waals surface area contributed by atoms with E-state index in [-0.39, 0.29) is 22.6 Å². The quantitative estimate of drug-likeness (QED) is 0.839. The number of hydrogen-bond donors (Lipinski definition) is 1. The lowest BCUT2D eigenvalue weighted by Gasteiger charge is -2.14. The molecule has 2 aliphatic rings. The zero-order valence-electron chi connectivity index (χ0n) is 13.7. The highest BCUT2D eigenvalue weighted by Gasteiger charge is 2.38. The van der Waals surface area contributed by atoms with Crippen LogP contribution in [0.3, 0.4) is 0 Å². The average molecular weight is 350 g/mol. The molecule has 1 N–H and O–H groups in total. The van der Waals surface area contributed by atoms with Gasteiger partial charge < -0.3 is 10.2 Å². The molecule has 0 saturated carbocycles. The summed E-state index contributed by atoms with van der Waals surface area (Å²) < 4.78 is 0. The molecular weight excluding hydrogens is 336 g/mol. The number of aryl methyl sites for hydroxylation is 1.